The average molecular weight is 353 g/mol. The van der Waals surface area contributed by atoms with E-state index in [1.54, 1.807) is 13.8 Å². The lowest BCUT2D eigenvalue weighted by Crippen LogP contribution is -2.30. The summed E-state index contributed by atoms with van der Waals surface area (Å²) in [4.78, 5) is 10.6. The van der Waals surface area contributed by atoms with E-state index < -0.39 is 5.60 Å². The van der Waals surface area contributed by atoms with Crippen LogP contribution in [-0.2, 0) is 11.2 Å². The minimum Gasteiger partial charge on any atom is -0.390 e. The van der Waals surface area contributed by atoms with E-state index in [1.165, 1.54) is 12.8 Å². The normalized spacial score (nSPS) is 10.9. The molecule has 1 rings (SSSR count). The zero-order chi connectivity index (χ0) is 19.9. The molecular formula is C22H40O3. The Morgan fingerprint density at radius 2 is 1.48 bits per heavy atom. The largest absolute Gasteiger partial charge is 0.390 e. The van der Waals surface area contributed by atoms with E-state index >= 15 is 0 Å². The third-order valence-electron chi connectivity index (χ3n) is 3.45. The molecule has 0 unspecified atom stereocenters. The van der Waals surface area contributed by atoms with Crippen LogP contribution in [0.4, 0.5) is 0 Å². The van der Waals surface area contributed by atoms with Crippen molar-refractivity contribution in [2.75, 3.05) is 6.61 Å². The number of unbranched alkanes of at least 4 members (excludes halogenated alkanes) is 1. The summed E-state index contributed by atoms with van der Waals surface area (Å²) in [6, 6.07) is 7.53. The smallest absolute Gasteiger partial charge is 0.150 e. The third-order valence-corrected chi connectivity index (χ3v) is 3.45. The Morgan fingerprint density at radius 3 is 1.84 bits per heavy atom. The lowest BCUT2D eigenvalue weighted by molar-refractivity contribution is -0.0453. The van der Waals surface area contributed by atoms with E-state index in [-0.39, 0.29) is 5.60 Å². The van der Waals surface area contributed by atoms with Gasteiger partial charge in [-0.25, -0.2) is 0 Å². The van der Waals surface area contributed by atoms with E-state index in [2.05, 4.69) is 13.8 Å². The Kier molecular flexibility index (Phi) is 14.6. The van der Waals surface area contributed by atoms with Crippen molar-refractivity contribution >= 4 is 6.29 Å². The summed E-state index contributed by atoms with van der Waals surface area (Å²) < 4.78 is 5.84. The van der Waals surface area contributed by atoms with Crippen LogP contribution in [0.5, 0.6) is 0 Å². The van der Waals surface area contributed by atoms with Crippen molar-refractivity contribution in [3.05, 3.63) is 35.4 Å². The van der Waals surface area contributed by atoms with Gasteiger partial charge < -0.3 is 9.84 Å². The predicted octanol–water partition coefficient (Wildman–Crippen LogP) is 5.83. The van der Waals surface area contributed by atoms with Gasteiger partial charge in [0, 0.05) is 12.0 Å². The van der Waals surface area contributed by atoms with Gasteiger partial charge in [-0.1, -0.05) is 64.8 Å². The fraction of sp³-hybridized carbons (Fsp3) is 0.682. The average Bonchev–Trinajstić information content (AvgIpc) is 2.56. The van der Waals surface area contributed by atoms with Crippen LogP contribution in [0.3, 0.4) is 0 Å². The Bertz CT molecular complexity index is 426. The van der Waals surface area contributed by atoms with Crippen LogP contribution < -0.4 is 0 Å². The summed E-state index contributed by atoms with van der Waals surface area (Å²) >= 11 is 0. The number of hydrogen-bond acceptors (Lipinski definition) is 3. The van der Waals surface area contributed by atoms with Crippen molar-refractivity contribution in [2.24, 2.45) is 0 Å². The maximum atomic E-state index is 10.6. The number of hydrogen-bond donors (Lipinski definition) is 1. The summed E-state index contributed by atoms with van der Waals surface area (Å²) in [5.74, 6) is 0. The molecule has 0 bridgehead atoms. The molecule has 0 heterocycles. The van der Waals surface area contributed by atoms with Crippen LogP contribution in [0, 0.1) is 0 Å². The summed E-state index contributed by atoms with van der Waals surface area (Å²) in [5.41, 5.74) is 0.846. The third kappa shape index (κ3) is 16.0. The van der Waals surface area contributed by atoms with Crippen molar-refractivity contribution in [2.45, 2.75) is 92.3 Å². The monoisotopic (exact) mass is 352 g/mol. The number of ether oxygens (including phenoxy) is 1. The van der Waals surface area contributed by atoms with Crippen molar-refractivity contribution in [3.63, 3.8) is 0 Å². The Morgan fingerprint density at radius 1 is 1.00 bits per heavy atom. The number of rotatable bonds is 8. The minimum atomic E-state index is -0.693. The Labute approximate surface area is 155 Å². The first kappa shape index (κ1) is 26.0. The summed E-state index contributed by atoms with van der Waals surface area (Å²) in [6.07, 6.45) is 4.87. The molecule has 0 aliphatic heterocycles. The maximum absolute atomic E-state index is 10.6. The molecule has 146 valence electrons. The highest BCUT2D eigenvalue weighted by Gasteiger charge is 2.21. The van der Waals surface area contributed by atoms with Crippen LogP contribution in [0.1, 0.15) is 90.6 Å². The van der Waals surface area contributed by atoms with E-state index in [1.807, 2.05) is 52.0 Å². The van der Waals surface area contributed by atoms with Gasteiger partial charge in [0.15, 0.2) is 0 Å². The molecule has 0 spiro atoms. The van der Waals surface area contributed by atoms with Crippen molar-refractivity contribution in [3.8, 4) is 0 Å². The number of aliphatic hydroxyl groups is 1. The topological polar surface area (TPSA) is 46.5 Å². The molecule has 0 atom stereocenters. The predicted molar refractivity (Wildman–Crippen MR) is 108 cm³/mol. The number of aldehydes is 1. The first-order valence-corrected chi connectivity index (χ1v) is 9.54. The molecule has 1 aromatic carbocycles. The highest BCUT2D eigenvalue weighted by atomic mass is 16.5. The van der Waals surface area contributed by atoms with Gasteiger partial charge in [-0.3, -0.25) is 4.79 Å². The zero-order valence-electron chi connectivity index (χ0n) is 17.7. The van der Waals surface area contributed by atoms with Crippen LogP contribution in [0.2, 0.25) is 0 Å². The molecule has 1 aromatic rings. The van der Waals surface area contributed by atoms with Crippen LogP contribution in [0.25, 0.3) is 0 Å². The quantitative estimate of drug-likeness (QED) is 0.599. The molecule has 1 N–H and O–H groups in total. The molecule has 3 nitrogen and oxygen atoms in total. The summed E-state index contributed by atoms with van der Waals surface area (Å²) in [5, 5.41) is 9.65. The molecule has 0 saturated heterocycles. The van der Waals surface area contributed by atoms with Crippen molar-refractivity contribution in [1.29, 1.82) is 0 Å². The van der Waals surface area contributed by atoms with Crippen molar-refractivity contribution < 1.29 is 14.6 Å². The van der Waals surface area contributed by atoms with Gasteiger partial charge in [-0.15, -0.1) is 0 Å². The first-order chi connectivity index (χ1) is 11.6. The standard InChI is InChI=1S/C16H24O3.C4H10.C2H6/c1-15(2,18)9-10-19-16(3,4)11-13-5-7-14(12-17)8-6-13;1-3-4-2;1-2/h5-8,12,18H,9-11H2,1-4H3;3-4H2,1-2H3;1-2H3. The van der Waals surface area contributed by atoms with Crippen LogP contribution in [-0.4, -0.2) is 29.2 Å². The van der Waals surface area contributed by atoms with Gasteiger partial charge in [0.2, 0.25) is 0 Å². The fourth-order valence-electron chi connectivity index (χ4n) is 1.83. The van der Waals surface area contributed by atoms with Gasteiger partial charge in [-0.2, -0.15) is 0 Å². The summed E-state index contributed by atoms with van der Waals surface area (Å²) in [7, 11) is 0. The van der Waals surface area contributed by atoms with E-state index in [0.717, 1.165) is 18.3 Å². The van der Waals surface area contributed by atoms with Crippen LogP contribution in [0.15, 0.2) is 24.3 Å². The van der Waals surface area contributed by atoms with Gasteiger partial charge in [0.1, 0.15) is 6.29 Å². The number of carbonyl (C=O) groups excluding carboxylic acids is 1. The van der Waals surface area contributed by atoms with Crippen LogP contribution >= 0.6 is 0 Å². The molecule has 25 heavy (non-hydrogen) atoms. The Hall–Kier alpha value is -1.19. The molecule has 0 fully saturated rings. The van der Waals surface area contributed by atoms with Crippen molar-refractivity contribution in [1.82, 2.24) is 0 Å². The first-order valence-electron chi connectivity index (χ1n) is 9.54. The second-order valence-corrected chi connectivity index (χ2v) is 7.21. The number of carbonyl (C=O) groups is 1. The zero-order valence-corrected chi connectivity index (χ0v) is 17.7. The van der Waals surface area contributed by atoms with E-state index in [4.69, 9.17) is 4.74 Å². The summed E-state index contributed by atoms with van der Waals surface area (Å²) in [6.45, 7) is 16.5. The SMILES string of the molecule is CC.CC(C)(O)CCOC(C)(C)Cc1ccc(C=O)cc1.CCCC. The maximum Gasteiger partial charge on any atom is 0.150 e. The van der Waals surface area contributed by atoms with E-state index in [0.29, 0.717) is 18.6 Å². The number of benzene rings is 1. The Balaban J connectivity index is 0. The molecule has 0 aromatic heterocycles. The van der Waals surface area contributed by atoms with Gasteiger partial charge in [0.25, 0.3) is 0 Å². The molecule has 0 amide bonds. The molecule has 3 heteroatoms. The highest BCUT2D eigenvalue weighted by molar-refractivity contribution is 5.74. The lowest BCUT2D eigenvalue weighted by Gasteiger charge is -2.27. The lowest BCUT2D eigenvalue weighted by atomic mass is 9.97. The highest BCUT2D eigenvalue weighted by Crippen LogP contribution is 2.19. The minimum absolute atomic E-state index is 0.284. The van der Waals surface area contributed by atoms with Gasteiger partial charge in [0.05, 0.1) is 17.8 Å². The molecule has 0 aliphatic carbocycles. The second kappa shape index (κ2) is 14.0. The van der Waals surface area contributed by atoms with Gasteiger partial charge >= 0.3 is 0 Å². The molecule has 0 saturated carbocycles. The molecule has 0 aliphatic rings. The molecule has 0 radical (unpaired) electrons. The van der Waals surface area contributed by atoms with Gasteiger partial charge in [-0.05, 0) is 39.7 Å². The second-order valence-electron chi connectivity index (χ2n) is 7.21. The fourth-order valence-corrected chi connectivity index (χ4v) is 1.83. The van der Waals surface area contributed by atoms with E-state index in [9.17, 15) is 9.90 Å². The molecular weight excluding hydrogens is 312 g/mol.